The molecule has 2 rings (SSSR count). The van der Waals surface area contributed by atoms with Crippen LogP contribution in [0.15, 0.2) is 30.3 Å². The molecule has 6 heteroatoms. The summed E-state index contributed by atoms with van der Waals surface area (Å²) in [7, 11) is 0. The second-order valence-corrected chi connectivity index (χ2v) is 4.99. The highest BCUT2D eigenvalue weighted by atomic mass is 16.6. The van der Waals surface area contributed by atoms with Crippen LogP contribution >= 0.6 is 0 Å². The van der Waals surface area contributed by atoms with Gasteiger partial charge in [-0.15, -0.1) is 0 Å². The van der Waals surface area contributed by atoms with E-state index < -0.39 is 23.7 Å². The number of cyclic esters (lactones) is 1. The molecule has 1 amide bonds. The number of aliphatic hydroxyl groups excluding tert-OH is 1. The molecule has 108 valence electrons. The largest absolute Gasteiger partial charge is 0.455 e. The Morgan fingerprint density at radius 3 is 2.80 bits per heavy atom. The van der Waals surface area contributed by atoms with Gasteiger partial charge in [0.15, 0.2) is 0 Å². The number of carbonyl (C=O) groups excluding carboxylic acids is 2. The van der Waals surface area contributed by atoms with Crippen LogP contribution in [0.5, 0.6) is 0 Å². The van der Waals surface area contributed by atoms with Crippen molar-refractivity contribution in [2.45, 2.75) is 31.6 Å². The number of ether oxygens (including phenoxy) is 2. The number of amides is 1. The van der Waals surface area contributed by atoms with E-state index in [1.807, 2.05) is 30.3 Å². The molecule has 0 radical (unpaired) electrons. The molecule has 1 aliphatic rings. The van der Waals surface area contributed by atoms with E-state index in [1.54, 1.807) is 6.92 Å². The van der Waals surface area contributed by atoms with E-state index in [4.69, 9.17) is 14.6 Å². The van der Waals surface area contributed by atoms with Gasteiger partial charge in [0.25, 0.3) is 0 Å². The van der Waals surface area contributed by atoms with Gasteiger partial charge in [-0.05, 0) is 12.5 Å². The lowest BCUT2D eigenvalue weighted by molar-refractivity contribution is -0.150. The third-order valence-electron chi connectivity index (χ3n) is 3.11. The molecule has 6 nitrogen and oxygen atoms in total. The van der Waals surface area contributed by atoms with Gasteiger partial charge < -0.3 is 19.9 Å². The third-order valence-corrected chi connectivity index (χ3v) is 3.11. The van der Waals surface area contributed by atoms with Crippen LogP contribution in [-0.4, -0.2) is 35.4 Å². The maximum absolute atomic E-state index is 11.6. The van der Waals surface area contributed by atoms with Crippen LogP contribution < -0.4 is 5.32 Å². The van der Waals surface area contributed by atoms with Gasteiger partial charge in [0.2, 0.25) is 0 Å². The molecule has 2 N–H and O–H groups in total. The molecular formula is C14H17NO5. The van der Waals surface area contributed by atoms with Crippen molar-refractivity contribution in [1.29, 1.82) is 0 Å². The van der Waals surface area contributed by atoms with Gasteiger partial charge in [-0.1, -0.05) is 30.3 Å². The summed E-state index contributed by atoms with van der Waals surface area (Å²) in [4.78, 5) is 23.2. The number of hydrogen-bond donors (Lipinski definition) is 2. The molecular weight excluding hydrogens is 262 g/mol. The first-order valence-electron chi connectivity index (χ1n) is 6.33. The molecule has 1 fully saturated rings. The van der Waals surface area contributed by atoms with Crippen molar-refractivity contribution in [2.24, 2.45) is 0 Å². The van der Waals surface area contributed by atoms with Gasteiger partial charge in [-0.3, -0.25) is 0 Å². The summed E-state index contributed by atoms with van der Waals surface area (Å²) in [5, 5.41) is 11.6. The molecule has 1 saturated heterocycles. The minimum absolute atomic E-state index is 0.131. The van der Waals surface area contributed by atoms with Crippen LogP contribution in [-0.2, 0) is 20.9 Å². The Hall–Kier alpha value is -2.08. The van der Waals surface area contributed by atoms with E-state index in [9.17, 15) is 9.59 Å². The molecule has 1 aromatic carbocycles. The second-order valence-electron chi connectivity index (χ2n) is 4.99. The van der Waals surface area contributed by atoms with Crippen LogP contribution in [0.25, 0.3) is 0 Å². The normalized spacial score (nSPS) is 25.1. The summed E-state index contributed by atoms with van der Waals surface area (Å²) in [6, 6.07) is 8.44. The van der Waals surface area contributed by atoms with Crippen molar-refractivity contribution in [2.75, 3.05) is 6.61 Å². The number of carbonyl (C=O) groups is 2. The SMILES string of the molecule is C[C@]1(CO)C[C@H](NC(=O)OCc2ccccc2)C(=O)O1. The Morgan fingerprint density at radius 2 is 2.20 bits per heavy atom. The van der Waals surface area contributed by atoms with Crippen molar-refractivity contribution in [3.8, 4) is 0 Å². The van der Waals surface area contributed by atoms with E-state index in [-0.39, 0.29) is 19.6 Å². The highest BCUT2D eigenvalue weighted by molar-refractivity contribution is 5.83. The Labute approximate surface area is 116 Å². The topological polar surface area (TPSA) is 84.9 Å². The minimum Gasteiger partial charge on any atom is -0.455 e. The van der Waals surface area contributed by atoms with E-state index in [2.05, 4.69) is 5.32 Å². The smallest absolute Gasteiger partial charge is 0.408 e. The number of alkyl carbamates (subject to hydrolysis) is 1. The number of esters is 1. The Kier molecular flexibility index (Phi) is 4.24. The monoisotopic (exact) mass is 279 g/mol. The average Bonchev–Trinajstić information content (AvgIpc) is 2.73. The summed E-state index contributed by atoms with van der Waals surface area (Å²) >= 11 is 0. The number of rotatable bonds is 4. The molecule has 0 bridgehead atoms. The van der Waals surface area contributed by atoms with Gasteiger partial charge >= 0.3 is 12.1 Å². The quantitative estimate of drug-likeness (QED) is 0.802. The van der Waals surface area contributed by atoms with Gasteiger partial charge in [0, 0.05) is 6.42 Å². The zero-order chi connectivity index (χ0) is 14.6. The number of nitrogens with one attached hydrogen (secondary N) is 1. The zero-order valence-electron chi connectivity index (χ0n) is 11.2. The highest BCUT2D eigenvalue weighted by Crippen LogP contribution is 2.25. The molecule has 1 aromatic rings. The summed E-state index contributed by atoms with van der Waals surface area (Å²) in [6.07, 6.45) is -0.457. The summed E-state index contributed by atoms with van der Waals surface area (Å²) in [6.45, 7) is 1.46. The Morgan fingerprint density at radius 1 is 1.50 bits per heavy atom. The maximum Gasteiger partial charge on any atom is 0.408 e. The van der Waals surface area contributed by atoms with Crippen LogP contribution in [0.4, 0.5) is 4.79 Å². The summed E-state index contributed by atoms with van der Waals surface area (Å²) in [5.74, 6) is -0.557. The van der Waals surface area contributed by atoms with Crippen molar-refractivity contribution < 1.29 is 24.2 Å². The lowest BCUT2D eigenvalue weighted by atomic mass is 10.0. The second kappa shape index (κ2) is 5.92. The predicted octanol–water partition coefficient (Wildman–Crippen LogP) is 0.979. The number of benzene rings is 1. The summed E-state index contributed by atoms with van der Waals surface area (Å²) < 4.78 is 10.0. The van der Waals surface area contributed by atoms with Gasteiger partial charge in [-0.2, -0.15) is 0 Å². The first kappa shape index (κ1) is 14.3. The van der Waals surface area contributed by atoms with Crippen LogP contribution in [0, 0.1) is 0 Å². The maximum atomic E-state index is 11.6. The molecule has 2 atom stereocenters. The van der Waals surface area contributed by atoms with Crippen LogP contribution in [0.1, 0.15) is 18.9 Å². The first-order valence-corrected chi connectivity index (χ1v) is 6.33. The van der Waals surface area contributed by atoms with Crippen LogP contribution in [0.2, 0.25) is 0 Å². The van der Waals surface area contributed by atoms with Gasteiger partial charge in [-0.25, -0.2) is 9.59 Å². The van der Waals surface area contributed by atoms with E-state index >= 15 is 0 Å². The van der Waals surface area contributed by atoms with E-state index in [0.717, 1.165) is 5.56 Å². The molecule has 0 aliphatic carbocycles. The number of hydrogen-bond acceptors (Lipinski definition) is 5. The van der Waals surface area contributed by atoms with Crippen molar-refractivity contribution in [1.82, 2.24) is 5.32 Å². The predicted molar refractivity (Wildman–Crippen MR) is 69.8 cm³/mol. The summed E-state index contributed by atoms with van der Waals surface area (Å²) in [5.41, 5.74) is -0.0779. The van der Waals surface area contributed by atoms with Crippen LogP contribution in [0.3, 0.4) is 0 Å². The van der Waals surface area contributed by atoms with Crippen molar-refractivity contribution in [3.05, 3.63) is 35.9 Å². The van der Waals surface area contributed by atoms with Crippen molar-refractivity contribution >= 4 is 12.1 Å². The molecule has 0 saturated carbocycles. The molecule has 1 aliphatic heterocycles. The lowest BCUT2D eigenvalue weighted by Crippen LogP contribution is -2.38. The Balaban J connectivity index is 1.82. The average molecular weight is 279 g/mol. The molecule has 0 aromatic heterocycles. The highest BCUT2D eigenvalue weighted by Gasteiger charge is 2.43. The lowest BCUT2D eigenvalue weighted by Gasteiger charge is -2.18. The fourth-order valence-corrected chi connectivity index (χ4v) is 1.98. The third kappa shape index (κ3) is 3.48. The van der Waals surface area contributed by atoms with Crippen molar-refractivity contribution in [3.63, 3.8) is 0 Å². The fourth-order valence-electron chi connectivity index (χ4n) is 1.98. The number of aliphatic hydroxyl groups is 1. The molecule has 1 heterocycles. The first-order chi connectivity index (χ1) is 9.52. The molecule has 0 unspecified atom stereocenters. The zero-order valence-corrected chi connectivity index (χ0v) is 11.2. The minimum atomic E-state index is -0.936. The van der Waals surface area contributed by atoms with Gasteiger partial charge in [0.05, 0.1) is 6.61 Å². The van der Waals surface area contributed by atoms with E-state index in [0.29, 0.717) is 0 Å². The van der Waals surface area contributed by atoms with E-state index in [1.165, 1.54) is 0 Å². The molecule has 20 heavy (non-hydrogen) atoms. The Bertz CT molecular complexity index is 490. The standard InChI is InChI=1S/C14H17NO5/c1-14(9-16)7-11(12(17)20-14)15-13(18)19-8-10-5-3-2-4-6-10/h2-6,11,16H,7-9H2,1H3,(H,15,18)/t11-,14+/m0/s1. The fraction of sp³-hybridized carbons (Fsp3) is 0.429. The molecule has 0 spiro atoms. The van der Waals surface area contributed by atoms with Gasteiger partial charge in [0.1, 0.15) is 18.2 Å².